The molecule has 1 aromatic carbocycles. The van der Waals surface area contributed by atoms with E-state index in [1.165, 1.54) is 44.9 Å². The van der Waals surface area contributed by atoms with E-state index in [1.807, 2.05) is 30.8 Å². The number of carbonyl (C=O) groups excluding carboxylic acids is 1. The Labute approximate surface area is 194 Å². The van der Waals surface area contributed by atoms with Gasteiger partial charge in [0.2, 0.25) is 5.91 Å². The van der Waals surface area contributed by atoms with Gasteiger partial charge in [0.15, 0.2) is 17.3 Å². The van der Waals surface area contributed by atoms with E-state index in [0.717, 1.165) is 46.6 Å². The number of fused-ring (bicyclic) bond motifs is 2. The Balaban J connectivity index is 1.28. The molecule has 1 N–H and O–H groups in total. The molecule has 7 nitrogen and oxygen atoms in total. The average molecular weight is 445 g/mol. The summed E-state index contributed by atoms with van der Waals surface area (Å²) in [6.45, 7) is 4.98. The van der Waals surface area contributed by atoms with Gasteiger partial charge in [0.25, 0.3) is 0 Å². The lowest BCUT2D eigenvalue weighted by atomic mass is 9.83. The van der Waals surface area contributed by atoms with Gasteiger partial charge in [-0.1, -0.05) is 31.4 Å². The summed E-state index contributed by atoms with van der Waals surface area (Å²) in [5, 5.41) is 7.79. The Hall–Kier alpha value is -2.96. The summed E-state index contributed by atoms with van der Waals surface area (Å²) in [6, 6.07) is 6.79. The number of benzene rings is 1. The average Bonchev–Trinajstić information content (AvgIpc) is 3.51. The fourth-order valence-electron chi connectivity index (χ4n) is 6.12. The minimum absolute atomic E-state index is 0.0503. The van der Waals surface area contributed by atoms with Crippen LogP contribution in [0.1, 0.15) is 75.7 Å². The van der Waals surface area contributed by atoms with Gasteiger partial charge < -0.3 is 10.2 Å². The van der Waals surface area contributed by atoms with E-state index in [0.29, 0.717) is 12.5 Å². The van der Waals surface area contributed by atoms with Crippen molar-refractivity contribution < 1.29 is 4.79 Å². The van der Waals surface area contributed by atoms with Crippen LogP contribution in [0.2, 0.25) is 0 Å². The first kappa shape index (κ1) is 20.6. The molecule has 2 fully saturated rings. The van der Waals surface area contributed by atoms with E-state index in [1.54, 1.807) is 0 Å². The van der Waals surface area contributed by atoms with Crippen molar-refractivity contribution in [2.24, 2.45) is 5.92 Å². The van der Waals surface area contributed by atoms with Gasteiger partial charge in [0, 0.05) is 37.1 Å². The Bertz CT molecular complexity index is 1210. The second-order valence-electron chi connectivity index (χ2n) is 10.5. The number of rotatable bonds is 4. The Morgan fingerprint density at radius 1 is 1.12 bits per heavy atom. The lowest BCUT2D eigenvalue weighted by molar-refractivity contribution is -0.119. The molecule has 1 aliphatic carbocycles. The topological polar surface area (TPSA) is 75.4 Å². The van der Waals surface area contributed by atoms with Gasteiger partial charge in [-0.25, -0.2) is 14.5 Å². The number of carbonyl (C=O) groups is 1. The molecule has 4 heterocycles. The SMILES string of the molecule is CC1(C)C(=O)Nc2cc(Cc3nc4c(N5CCCC5C5CCCCC5)nccn4n3)ccc21. The maximum Gasteiger partial charge on any atom is 0.234 e. The van der Waals surface area contributed by atoms with E-state index < -0.39 is 5.41 Å². The van der Waals surface area contributed by atoms with Gasteiger partial charge in [-0.3, -0.25) is 4.79 Å². The van der Waals surface area contributed by atoms with E-state index in [9.17, 15) is 4.79 Å². The lowest BCUT2D eigenvalue weighted by Gasteiger charge is -2.34. The molecule has 172 valence electrons. The van der Waals surface area contributed by atoms with Crippen molar-refractivity contribution in [2.45, 2.75) is 76.7 Å². The van der Waals surface area contributed by atoms with Crippen molar-refractivity contribution >= 4 is 23.1 Å². The molecular weight excluding hydrogens is 412 g/mol. The van der Waals surface area contributed by atoms with Crippen LogP contribution in [0.25, 0.3) is 5.65 Å². The van der Waals surface area contributed by atoms with Gasteiger partial charge in [0.1, 0.15) is 0 Å². The van der Waals surface area contributed by atoms with Gasteiger partial charge in [-0.05, 0) is 62.6 Å². The second-order valence-corrected chi connectivity index (χ2v) is 10.5. The Morgan fingerprint density at radius 3 is 2.82 bits per heavy atom. The van der Waals surface area contributed by atoms with Crippen LogP contribution in [0.15, 0.2) is 30.6 Å². The number of nitrogens with zero attached hydrogens (tertiary/aromatic N) is 5. The normalized spacial score (nSPS) is 22.7. The zero-order chi connectivity index (χ0) is 22.6. The summed E-state index contributed by atoms with van der Waals surface area (Å²) >= 11 is 0. The highest BCUT2D eigenvalue weighted by atomic mass is 16.2. The third-order valence-electron chi connectivity index (χ3n) is 7.98. The molecule has 1 atom stereocenters. The van der Waals surface area contributed by atoms with Gasteiger partial charge in [-0.15, -0.1) is 0 Å². The summed E-state index contributed by atoms with van der Waals surface area (Å²) in [5.74, 6) is 2.58. The van der Waals surface area contributed by atoms with Crippen molar-refractivity contribution in [3.63, 3.8) is 0 Å². The number of amides is 1. The van der Waals surface area contributed by atoms with Crippen LogP contribution >= 0.6 is 0 Å². The first-order valence-electron chi connectivity index (χ1n) is 12.4. The molecule has 3 aromatic rings. The predicted octanol–water partition coefficient (Wildman–Crippen LogP) is 4.49. The highest BCUT2D eigenvalue weighted by molar-refractivity contribution is 6.05. The summed E-state index contributed by atoms with van der Waals surface area (Å²) in [6.07, 6.45) is 13.6. The smallest absolute Gasteiger partial charge is 0.234 e. The van der Waals surface area contributed by atoms with Gasteiger partial charge >= 0.3 is 0 Å². The molecule has 3 aliphatic rings. The van der Waals surface area contributed by atoms with Crippen molar-refractivity contribution in [1.29, 1.82) is 0 Å². The Morgan fingerprint density at radius 2 is 1.97 bits per heavy atom. The van der Waals surface area contributed by atoms with Crippen LogP contribution in [-0.4, -0.2) is 38.1 Å². The molecule has 0 spiro atoms. The lowest BCUT2D eigenvalue weighted by Crippen LogP contribution is -2.37. The third kappa shape index (κ3) is 3.49. The Kier molecular flexibility index (Phi) is 4.89. The van der Waals surface area contributed by atoms with Crippen LogP contribution in [0.3, 0.4) is 0 Å². The molecule has 0 radical (unpaired) electrons. The standard InChI is InChI=1S/C26H32N6O/c1-26(2)19-11-10-17(15-20(19)28-25(26)33)16-22-29-24-23(27-12-14-32(24)30-22)31-13-6-9-21(31)18-7-4-3-5-8-18/h10-12,14-15,18,21H,3-9,13,16H2,1-2H3,(H,28,33). The molecule has 0 bridgehead atoms. The quantitative estimate of drug-likeness (QED) is 0.642. The van der Waals surface area contributed by atoms with Crippen molar-refractivity contribution in [3.05, 3.63) is 47.5 Å². The van der Waals surface area contributed by atoms with E-state index >= 15 is 0 Å². The fourth-order valence-corrected chi connectivity index (χ4v) is 6.12. The van der Waals surface area contributed by atoms with E-state index in [2.05, 4.69) is 28.4 Å². The van der Waals surface area contributed by atoms with Crippen LogP contribution < -0.4 is 10.2 Å². The summed E-state index contributed by atoms with van der Waals surface area (Å²) in [5.41, 5.74) is 3.42. The van der Waals surface area contributed by atoms with Gasteiger partial charge in [0.05, 0.1) is 5.41 Å². The minimum atomic E-state index is -0.486. The van der Waals surface area contributed by atoms with Crippen LogP contribution in [0.4, 0.5) is 11.5 Å². The molecule has 6 rings (SSSR count). The predicted molar refractivity (Wildman–Crippen MR) is 129 cm³/mol. The minimum Gasteiger partial charge on any atom is -0.350 e. The number of anilines is 2. The number of nitrogens with one attached hydrogen (secondary N) is 1. The van der Waals surface area contributed by atoms with Crippen molar-refractivity contribution in [2.75, 3.05) is 16.8 Å². The third-order valence-corrected chi connectivity index (χ3v) is 7.98. The first-order valence-corrected chi connectivity index (χ1v) is 12.4. The second kappa shape index (κ2) is 7.82. The molecule has 1 amide bonds. The number of hydrogen-bond acceptors (Lipinski definition) is 5. The number of hydrogen-bond donors (Lipinski definition) is 1. The maximum atomic E-state index is 12.3. The molecule has 1 unspecified atom stereocenters. The summed E-state index contributed by atoms with van der Waals surface area (Å²) in [4.78, 5) is 24.5. The van der Waals surface area contributed by atoms with Crippen LogP contribution in [0, 0.1) is 5.92 Å². The highest BCUT2D eigenvalue weighted by Gasteiger charge is 2.38. The molecule has 1 saturated carbocycles. The fraction of sp³-hybridized carbons (Fsp3) is 0.538. The monoisotopic (exact) mass is 444 g/mol. The zero-order valence-corrected chi connectivity index (χ0v) is 19.5. The molecule has 33 heavy (non-hydrogen) atoms. The highest BCUT2D eigenvalue weighted by Crippen LogP contribution is 2.39. The van der Waals surface area contributed by atoms with E-state index in [-0.39, 0.29) is 5.91 Å². The summed E-state index contributed by atoms with van der Waals surface area (Å²) < 4.78 is 1.88. The largest absolute Gasteiger partial charge is 0.350 e. The first-order chi connectivity index (χ1) is 16.0. The van der Waals surface area contributed by atoms with Crippen molar-refractivity contribution in [3.8, 4) is 0 Å². The number of aromatic nitrogens is 4. The van der Waals surface area contributed by atoms with Crippen LogP contribution in [0.5, 0.6) is 0 Å². The van der Waals surface area contributed by atoms with Crippen LogP contribution in [-0.2, 0) is 16.6 Å². The van der Waals surface area contributed by atoms with Crippen molar-refractivity contribution in [1.82, 2.24) is 19.6 Å². The molecule has 2 aliphatic heterocycles. The van der Waals surface area contributed by atoms with E-state index in [4.69, 9.17) is 15.1 Å². The maximum absolute atomic E-state index is 12.3. The van der Waals surface area contributed by atoms with Gasteiger partial charge in [-0.2, -0.15) is 5.10 Å². The molecule has 1 saturated heterocycles. The molecule has 2 aromatic heterocycles. The zero-order valence-electron chi connectivity index (χ0n) is 19.5. The molecule has 7 heteroatoms. The summed E-state index contributed by atoms with van der Waals surface area (Å²) in [7, 11) is 0. The molecular formula is C26H32N6O.